The molecule has 2 aliphatic rings. The molecule has 224 valence electrons. The largest absolute Gasteiger partial charge is 0.456 e. The average Bonchev–Trinajstić information content (AvgIpc) is 3.22. The Bertz CT molecular complexity index is 1580. The first-order valence-corrected chi connectivity index (χ1v) is 15.1. The summed E-state index contributed by atoms with van der Waals surface area (Å²) in [4.78, 5) is 38.7. The van der Waals surface area contributed by atoms with Crippen LogP contribution < -0.4 is 19.2 Å². The van der Waals surface area contributed by atoms with Crippen LogP contribution in [-0.4, -0.2) is 29.8 Å². The molecule has 3 aromatic carbocycles. The van der Waals surface area contributed by atoms with Crippen molar-refractivity contribution < 1.29 is 33.3 Å². The van der Waals surface area contributed by atoms with Crippen molar-refractivity contribution in [2.24, 2.45) is 15.3 Å². The topological polar surface area (TPSA) is 104 Å². The van der Waals surface area contributed by atoms with Gasteiger partial charge in [-0.3, -0.25) is 14.6 Å². The summed E-state index contributed by atoms with van der Waals surface area (Å²) in [6.07, 6.45) is 0. The standard InChI is InChI=1S/C32H31BrN2O7S/c1-30(2,3)28(37)39-19-8-11-22-25(16-19)41-26-17-20(40-29(38)31(4,5)6)9-12-23(26)32(22)24-15-18(35(34-43)14-13-33)7-10-21(24)27(36)42-32/h7-12,15-17H,13-14H2,1-6H3. The Hall–Kier alpha value is -3.83. The van der Waals surface area contributed by atoms with Crippen molar-refractivity contribution in [3.63, 3.8) is 0 Å². The maximum atomic E-state index is 13.4. The predicted molar refractivity (Wildman–Crippen MR) is 166 cm³/mol. The fraction of sp³-hybridized carbons (Fsp3) is 0.344. The van der Waals surface area contributed by atoms with E-state index in [2.05, 4.69) is 20.4 Å². The van der Waals surface area contributed by atoms with E-state index in [9.17, 15) is 14.4 Å². The third-order valence-electron chi connectivity index (χ3n) is 7.07. The summed E-state index contributed by atoms with van der Waals surface area (Å²) in [6.45, 7) is 11.1. The Balaban J connectivity index is 1.71. The van der Waals surface area contributed by atoms with Crippen molar-refractivity contribution in [3.05, 3.63) is 76.9 Å². The number of esters is 3. The summed E-state index contributed by atoms with van der Waals surface area (Å²) in [6, 6.07) is 15.2. The number of alkyl halides is 1. The van der Waals surface area contributed by atoms with Gasteiger partial charge >= 0.3 is 17.9 Å². The summed E-state index contributed by atoms with van der Waals surface area (Å²) in [5.41, 5.74) is -0.218. The van der Waals surface area contributed by atoms with E-state index in [1.807, 2.05) is 6.07 Å². The van der Waals surface area contributed by atoms with E-state index in [1.54, 1.807) is 95.1 Å². The molecule has 9 nitrogen and oxygen atoms in total. The monoisotopic (exact) mass is 666 g/mol. The number of hydrogen-bond donors (Lipinski definition) is 0. The number of halogens is 1. The normalized spacial score (nSPS) is 14.5. The molecule has 0 atom stereocenters. The van der Waals surface area contributed by atoms with Gasteiger partial charge in [0.2, 0.25) is 0 Å². The number of nitrogens with zero attached hydrogens (tertiary/aromatic N) is 2. The molecule has 11 heteroatoms. The minimum atomic E-state index is -1.42. The van der Waals surface area contributed by atoms with Crippen molar-refractivity contribution >= 4 is 52.0 Å². The van der Waals surface area contributed by atoms with Crippen LogP contribution in [0.2, 0.25) is 0 Å². The van der Waals surface area contributed by atoms with Crippen molar-refractivity contribution in [3.8, 4) is 23.0 Å². The number of ether oxygens (including phenoxy) is 4. The van der Waals surface area contributed by atoms with Gasteiger partial charge in [-0.05, 0) is 84.0 Å². The SMILES string of the molecule is CC(C)(C)C(=O)Oc1ccc2c(c1)Oc1cc(OC(=O)C(C)(C)C)ccc1C21OC(=O)c2ccc(N(CCBr)N=S)cc21. The molecule has 43 heavy (non-hydrogen) atoms. The first-order valence-electron chi connectivity index (χ1n) is 13.6. The van der Waals surface area contributed by atoms with Gasteiger partial charge in [-0.25, -0.2) is 4.79 Å². The highest BCUT2D eigenvalue weighted by atomic mass is 79.9. The van der Waals surface area contributed by atoms with Crippen LogP contribution in [0.25, 0.3) is 0 Å². The van der Waals surface area contributed by atoms with E-state index >= 15 is 0 Å². The molecule has 0 aromatic heterocycles. The second-order valence-electron chi connectivity index (χ2n) is 12.4. The summed E-state index contributed by atoms with van der Waals surface area (Å²) >= 11 is 8.45. The molecule has 5 rings (SSSR count). The lowest BCUT2D eigenvalue weighted by atomic mass is 9.77. The molecule has 2 heterocycles. The highest BCUT2D eigenvalue weighted by Gasteiger charge is 2.54. The number of anilines is 1. The van der Waals surface area contributed by atoms with Crippen LogP contribution in [0, 0.1) is 10.8 Å². The van der Waals surface area contributed by atoms with Crippen molar-refractivity contribution in [1.82, 2.24) is 0 Å². The second kappa shape index (κ2) is 11.0. The van der Waals surface area contributed by atoms with Crippen LogP contribution in [-0.2, 0) is 32.4 Å². The molecule has 2 aliphatic heterocycles. The van der Waals surface area contributed by atoms with E-state index in [1.165, 1.54) is 0 Å². The van der Waals surface area contributed by atoms with E-state index in [0.29, 0.717) is 51.3 Å². The maximum absolute atomic E-state index is 13.4. The summed E-state index contributed by atoms with van der Waals surface area (Å²) in [5.74, 6) is -0.217. The quantitative estimate of drug-likeness (QED) is 0.119. The molecular formula is C32H31BrN2O7S. The summed E-state index contributed by atoms with van der Waals surface area (Å²) in [5, 5.41) is 2.27. The molecule has 3 aromatic rings. The Kier molecular flexibility index (Phi) is 7.85. The minimum Gasteiger partial charge on any atom is -0.456 e. The van der Waals surface area contributed by atoms with Crippen LogP contribution in [0.15, 0.2) is 59.1 Å². The van der Waals surface area contributed by atoms with Crippen LogP contribution in [0.4, 0.5) is 5.69 Å². The Morgan fingerprint density at radius 2 is 1.40 bits per heavy atom. The van der Waals surface area contributed by atoms with E-state index in [0.717, 1.165) is 0 Å². The van der Waals surface area contributed by atoms with Gasteiger partial charge in [-0.15, -0.1) is 4.47 Å². The zero-order valence-corrected chi connectivity index (χ0v) is 27.1. The Morgan fingerprint density at radius 1 is 0.860 bits per heavy atom. The third-order valence-corrected chi connectivity index (χ3v) is 7.62. The van der Waals surface area contributed by atoms with Crippen LogP contribution in [0.3, 0.4) is 0 Å². The third kappa shape index (κ3) is 5.51. The van der Waals surface area contributed by atoms with Gasteiger partial charge in [0.05, 0.1) is 41.1 Å². The fourth-order valence-electron chi connectivity index (χ4n) is 4.78. The molecule has 0 saturated carbocycles. The Labute approximate surface area is 263 Å². The van der Waals surface area contributed by atoms with E-state index in [-0.39, 0.29) is 11.5 Å². The van der Waals surface area contributed by atoms with Gasteiger partial charge in [0.15, 0.2) is 5.60 Å². The molecular weight excluding hydrogens is 636 g/mol. The lowest BCUT2D eigenvalue weighted by Crippen LogP contribution is -2.33. The number of carbonyl (C=O) groups is 3. The summed E-state index contributed by atoms with van der Waals surface area (Å²) in [7, 11) is 0. The van der Waals surface area contributed by atoms with Crippen molar-refractivity contribution in [2.45, 2.75) is 47.1 Å². The first-order chi connectivity index (χ1) is 20.2. The van der Waals surface area contributed by atoms with Crippen molar-refractivity contribution in [2.75, 3.05) is 16.9 Å². The number of benzene rings is 3. The molecule has 0 radical (unpaired) electrons. The Morgan fingerprint density at radius 3 is 1.86 bits per heavy atom. The van der Waals surface area contributed by atoms with Crippen LogP contribution in [0.5, 0.6) is 23.0 Å². The van der Waals surface area contributed by atoms with Gasteiger partial charge in [0.25, 0.3) is 0 Å². The molecule has 0 saturated heterocycles. The minimum absolute atomic E-state index is 0.263. The van der Waals surface area contributed by atoms with Gasteiger partial charge < -0.3 is 18.9 Å². The number of hydrogen-bond acceptors (Lipinski definition) is 9. The molecule has 0 aliphatic carbocycles. The maximum Gasteiger partial charge on any atom is 0.340 e. The molecule has 0 unspecified atom stereocenters. The second-order valence-corrected chi connectivity index (χ2v) is 13.3. The zero-order valence-electron chi connectivity index (χ0n) is 24.6. The van der Waals surface area contributed by atoms with Gasteiger partial charge in [0, 0.05) is 34.2 Å². The smallest absolute Gasteiger partial charge is 0.340 e. The lowest BCUT2D eigenvalue weighted by Gasteiger charge is -2.37. The van der Waals surface area contributed by atoms with Crippen LogP contribution in [0.1, 0.15) is 68.6 Å². The van der Waals surface area contributed by atoms with Gasteiger partial charge in [0.1, 0.15) is 23.0 Å². The van der Waals surface area contributed by atoms with Gasteiger partial charge in [-0.2, -0.15) is 0 Å². The van der Waals surface area contributed by atoms with E-state index in [4.69, 9.17) is 31.4 Å². The van der Waals surface area contributed by atoms with Gasteiger partial charge in [-0.1, -0.05) is 15.9 Å². The lowest BCUT2D eigenvalue weighted by molar-refractivity contribution is -0.143. The highest BCUT2D eigenvalue weighted by molar-refractivity contribution is 9.09. The predicted octanol–water partition coefficient (Wildman–Crippen LogP) is 7.00. The van der Waals surface area contributed by atoms with Crippen molar-refractivity contribution in [1.29, 1.82) is 0 Å². The molecule has 0 amide bonds. The molecule has 0 N–H and O–H groups in total. The number of rotatable bonds is 6. The zero-order chi connectivity index (χ0) is 31.3. The van der Waals surface area contributed by atoms with E-state index < -0.39 is 34.3 Å². The molecule has 0 fully saturated rings. The first kappa shape index (κ1) is 30.6. The summed E-state index contributed by atoms with van der Waals surface area (Å²) < 4.78 is 27.9. The highest BCUT2D eigenvalue weighted by Crippen LogP contribution is 2.57. The average molecular weight is 668 g/mol. The van der Waals surface area contributed by atoms with Crippen LogP contribution >= 0.6 is 15.9 Å². The molecule has 1 spiro atoms. The molecule has 0 bridgehead atoms. The fourth-order valence-corrected chi connectivity index (χ4v) is 5.29. The number of carbonyl (C=O) groups excluding carboxylic acids is 3. The number of fused-ring (bicyclic) bond motifs is 6.